The third-order valence-corrected chi connectivity index (χ3v) is 1.64. The summed E-state index contributed by atoms with van der Waals surface area (Å²) >= 11 is 0. The molecule has 1 saturated heterocycles. The van der Waals surface area contributed by atoms with Crippen LogP contribution >= 0.6 is 0 Å². The predicted molar refractivity (Wildman–Crippen MR) is 32.0 cm³/mol. The highest BCUT2D eigenvalue weighted by Crippen LogP contribution is 2.20. The van der Waals surface area contributed by atoms with E-state index in [1.807, 2.05) is 0 Å². The fourth-order valence-electron chi connectivity index (χ4n) is 0.882. The molecular formula is C5H11NO4. The summed E-state index contributed by atoms with van der Waals surface area (Å²) in [6, 6.07) is 0. The Morgan fingerprint density at radius 1 is 1.60 bits per heavy atom. The van der Waals surface area contributed by atoms with Crippen LogP contribution < -0.4 is 5.73 Å². The molecule has 0 bridgehead atoms. The fourth-order valence-corrected chi connectivity index (χ4v) is 0.882. The maximum absolute atomic E-state index is 9.06. The van der Waals surface area contributed by atoms with Gasteiger partial charge in [-0.2, -0.15) is 0 Å². The molecule has 0 saturated carbocycles. The number of aliphatic hydroxyl groups excluding tert-OH is 3. The van der Waals surface area contributed by atoms with Gasteiger partial charge in [-0.25, -0.2) is 0 Å². The molecule has 0 aromatic heterocycles. The van der Waals surface area contributed by atoms with E-state index in [2.05, 4.69) is 0 Å². The first-order valence-electron chi connectivity index (χ1n) is 3.00. The van der Waals surface area contributed by atoms with Crippen molar-refractivity contribution in [1.29, 1.82) is 0 Å². The van der Waals surface area contributed by atoms with E-state index in [4.69, 9.17) is 25.8 Å². The Balaban J connectivity index is 2.64. The molecule has 1 rings (SSSR count). The van der Waals surface area contributed by atoms with Crippen LogP contribution in [0.2, 0.25) is 0 Å². The van der Waals surface area contributed by atoms with Gasteiger partial charge in [-0.05, 0) is 0 Å². The minimum Gasteiger partial charge on any atom is -0.392 e. The van der Waals surface area contributed by atoms with Crippen molar-refractivity contribution in [3.05, 3.63) is 0 Å². The highest BCUT2D eigenvalue weighted by Gasteiger charge is 2.45. The second-order valence-corrected chi connectivity index (χ2v) is 2.44. The van der Waals surface area contributed by atoms with Crippen LogP contribution in [0.1, 0.15) is 0 Å². The topological polar surface area (TPSA) is 95.9 Å². The van der Waals surface area contributed by atoms with E-state index in [-0.39, 0.29) is 6.61 Å². The van der Waals surface area contributed by atoms with Gasteiger partial charge in [0.2, 0.25) is 0 Å². The van der Waals surface area contributed by atoms with Crippen molar-refractivity contribution >= 4 is 0 Å². The molecule has 0 radical (unpaired) electrons. The van der Waals surface area contributed by atoms with Gasteiger partial charge in [-0.3, -0.25) is 5.73 Å². The van der Waals surface area contributed by atoms with Crippen LogP contribution in [-0.4, -0.2) is 46.5 Å². The normalized spacial score (nSPS) is 48.0. The molecule has 0 unspecified atom stereocenters. The van der Waals surface area contributed by atoms with Crippen LogP contribution in [0.25, 0.3) is 0 Å². The van der Waals surface area contributed by atoms with Crippen molar-refractivity contribution in [3.8, 4) is 0 Å². The zero-order valence-electron chi connectivity index (χ0n) is 5.40. The van der Waals surface area contributed by atoms with Gasteiger partial charge < -0.3 is 20.1 Å². The molecule has 0 aromatic rings. The molecule has 1 aliphatic rings. The maximum Gasteiger partial charge on any atom is 0.168 e. The summed E-state index contributed by atoms with van der Waals surface area (Å²) in [5.41, 5.74) is 3.84. The Hall–Kier alpha value is -0.200. The third kappa shape index (κ3) is 1.02. The van der Waals surface area contributed by atoms with Crippen LogP contribution in [0, 0.1) is 0 Å². The lowest BCUT2D eigenvalue weighted by molar-refractivity contribution is -0.0904. The van der Waals surface area contributed by atoms with Crippen molar-refractivity contribution in [3.63, 3.8) is 0 Å². The van der Waals surface area contributed by atoms with E-state index < -0.39 is 24.5 Å². The van der Waals surface area contributed by atoms with Gasteiger partial charge >= 0.3 is 0 Å². The highest BCUT2D eigenvalue weighted by molar-refractivity contribution is 4.92. The van der Waals surface area contributed by atoms with E-state index in [1.54, 1.807) is 0 Å². The molecule has 1 heterocycles. The summed E-state index contributed by atoms with van der Waals surface area (Å²) < 4.78 is 4.74. The molecule has 1 fully saturated rings. The largest absolute Gasteiger partial charge is 0.392 e. The van der Waals surface area contributed by atoms with Gasteiger partial charge in [0, 0.05) is 0 Å². The maximum atomic E-state index is 9.06. The van der Waals surface area contributed by atoms with Gasteiger partial charge in [0.05, 0.1) is 13.2 Å². The minimum atomic E-state index is -1.47. The molecular weight excluding hydrogens is 138 g/mol. The van der Waals surface area contributed by atoms with Crippen LogP contribution in [0.4, 0.5) is 0 Å². The van der Waals surface area contributed by atoms with Gasteiger partial charge in [0.25, 0.3) is 0 Å². The molecule has 3 atom stereocenters. The molecule has 1 aliphatic heterocycles. The monoisotopic (exact) mass is 149 g/mol. The molecule has 5 nitrogen and oxygen atoms in total. The van der Waals surface area contributed by atoms with E-state index in [9.17, 15) is 0 Å². The second kappa shape index (κ2) is 2.44. The summed E-state index contributed by atoms with van der Waals surface area (Å²) in [5.74, 6) is 0. The molecule has 5 heteroatoms. The summed E-state index contributed by atoms with van der Waals surface area (Å²) in [7, 11) is 0. The van der Waals surface area contributed by atoms with Crippen molar-refractivity contribution in [2.75, 3.05) is 13.2 Å². The highest BCUT2D eigenvalue weighted by atomic mass is 16.6. The standard InChI is InChI=1S/C5H11NO4/c6-5(2-7)4(9)3(8)1-10-5/h3-4,7-9H,1-2,6H2/t3-,4-,5+/m0/s1. The Morgan fingerprint density at radius 2 is 2.20 bits per heavy atom. The van der Waals surface area contributed by atoms with Crippen LogP contribution in [0.3, 0.4) is 0 Å². The van der Waals surface area contributed by atoms with Crippen LogP contribution in [0.15, 0.2) is 0 Å². The van der Waals surface area contributed by atoms with Gasteiger partial charge in [0.15, 0.2) is 5.72 Å². The van der Waals surface area contributed by atoms with E-state index in [1.165, 1.54) is 0 Å². The van der Waals surface area contributed by atoms with Gasteiger partial charge in [0.1, 0.15) is 12.2 Å². The van der Waals surface area contributed by atoms with Gasteiger partial charge in [-0.1, -0.05) is 0 Å². The number of hydrogen-bond acceptors (Lipinski definition) is 5. The molecule has 60 valence electrons. The summed E-state index contributed by atoms with van der Waals surface area (Å²) in [5, 5.41) is 26.5. The van der Waals surface area contributed by atoms with Crippen LogP contribution in [0.5, 0.6) is 0 Å². The van der Waals surface area contributed by atoms with Crippen molar-refractivity contribution in [2.24, 2.45) is 5.73 Å². The van der Waals surface area contributed by atoms with E-state index >= 15 is 0 Å². The predicted octanol–water partition coefficient (Wildman–Crippen LogP) is -2.61. The SMILES string of the molecule is N[C@]1(CO)OC[C@H](O)[C@@H]1O. The molecule has 0 spiro atoms. The number of ether oxygens (including phenoxy) is 1. The average Bonchev–Trinajstić information content (AvgIpc) is 2.19. The van der Waals surface area contributed by atoms with E-state index in [0.717, 1.165) is 0 Å². The lowest BCUT2D eigenvalue weighted by Crippen LogP contribution is -2.54. The summed E-state index contributed by atoms with van der Waals surface area (Å²) in [6.07, 6.45) is -2.19. The number of hydrogen-bond donors (Lipinski definition) is 4. The number of aliphatic hydroxyl groups is 3. The quantitative estimate of drug-likeness (QED) is 0.327. The number of rotatable bonds is 1. The lowest BCUT2D eigenvalue weighted by Gasteiger charge is -2.24. The third-order valence-electron chi connectivity index (χ3n) is 1.64. The Morgan fingerprint density at radius 3 is 2.40 bits per heavy atom. The Kier molecular flexibility index (Phi) is 1.93. The molecule has 0 aliphatic carbocycles. The molecule has 5 N–H and O–H groups in total. The molecule has 0 amide bonds. The second-order valence-electron chi connectivity index (χ2n) is 2.44. The zero-order chi connectivity index (χ0) is 7.78. The summed E-state index contributed by atoms with van der Waals surface area (Å²) in [6.45, 7) is -0.524. The van der Waals surface area contributed by atoms with Crippen molar-refractivity contribution in [2.45, 2.75) is 17.9 Å². The number of nitrogens with two attached hydrogens (primary N) is 1. The first-order chi connectivity index (χ1) is 4.60. The Labute approximate surface area is 58.0 Å². The minimum absolute atomic E-state index is 0.0295. The average molecular weight is 149 g/mol. The van der Waals surface area contributed by atoms with Gasteiger partial charge in [-0.15, -0.1) is 0 Å². The molecule has 10 heavy (non-hydrogen) atoms. The Bertz CT molecular complexity index is 131. The first kappa shape index (κ1) is 7.90. The van der Waals surface area contributed by atoms with Crippen molar-refractivity contribution in [1.82, 2.24) is 0 Å². The lowest BCUT2D eigenvalue weighted by atomic mass is 10.1. The summed E-state index contributed by atoms with van der Waals surface area (Å²) in [4.78, 5) is 0. The smallest absolute Gasteiger partial charge is 0.168 e. The first-order valence-corrected chi connectivity index (χ1v) is 3.00. The van der Waals surface area contributed by atoms with E-state index in [0.29, 0.717) is 0 Å². The zero-order valence-corrected chi connectivity index (χ0v) is 5.40. The fraction of sp³-hybridized carbons (Fsp3) is 1.00. The molecule has 0 aromatic carbocycles. The van der Waals surface area contributed by atoms with Crippen molar-refractivity contribution < 1.29 is 20.1 Å². The van der Waals surface area contributed by atoms with Crippen LogP contribution in [-0.2, 0) is 4.74 Å².